The van der Waals surface area contributed by atoms with E-state index in [-0.39, 0.29) is 42.1 Å². The van der Waals surface area contributed by atoms with Crippen LogP contribution in [0.2, 0.25) is 0 Å². The summed E-state index contributed by atoms with van der Waals surface area (Å²) in [5.74, 6) is -0.416. The van der Waals surface area contributed by atoms with Gasteiger partial charge in [0.1, 0.15) is 5.69 Å². The minimum Gasteiger partial charge on any atom is -0.356 e. The molecular weight excluding hydrogens is 394 g/mol. The third-order valence-electron chi connectivity index (χ3n) is 6.28. The molecule has 1 saturated carbocycles. The zero-order valence-corrected chi connectivity index (χ0v) is 17.8. The molecule has 164 valence electrons. The Labute approximate surface area is 182 Å². The molecular formula is C23H29N5O3. The Morgan fingerprint density at radius 3 is 2.77 bits per heavy atom. The molecule has 2 N–H and O–H groups in total. The van der Waals surface area contributed by atoms with E-state index in [1.54, 1.807) is 21.8 Å². The van der Waals surface area contributed by atoms with Gasteiger partial charge in [0.2, 0.25) is 11.8 Å². The van der Waals surface area contributed by atoms with Crippen LogP contribution < -0.4 is 10.6 Å². The Morgan fingerprint density at radius 2 is 2.00 bits per heavy atom. The first-order chi connectivity index (χ1) is 15.0. The maximum Gasteiger partial charge on any atom is 0.272 e. The number of nitrogens with one attached hydrogen (secondary N) is 2. The molecule has 1 aromatic heterocycles. The van der Waals surface area contributed by atoms with Crippen LogP contribution in [0.1, 0.15) is 35.8 Å². The number of rotatable bonds is 6. The van der Waals surface area contributed by atoms with Crippen molar-refractivity contribution in [1.82, 2.24) is 25.3 Å². The van der Waals surface area contributed by atoms with E-state index < -0.39 is 0 Å². The highest BCUT2D eigenvalue weighted by molar-refractivity contribution is 5.95. The van der Waals surface area contributed by atoms with Crippen molar-refractivity contribution in [2.24, 2.45) is 11.8 Å². The number of hydrogen-bond acceptors (Lipinski definition) is 4. The number of aromatic nitrogens is 2. The summed E-state index contributed by atoms with van der Waals surface area (Å²) in [7, 11) is 0. The van der Waals surface area contributed by atoms with Crippen molar-refractivity contribution >= 4 is 17.7 Å². The van der Waals surface area contributed by atoms with E-state index in [2.05, 4.69) is 15.7 Å². The summed E-state index contributed by atoms with van der Waals surface area (Å²) in [6, 6.07) is 11.7. The zero-order chi connectivity index (χ0) is 21.8. The van der Waals surface area contributed by atoms with Crippen LogP contribution in [0.3, 0.4) is 0 Å². The minimum atomic E-state index is -0.189. The SMILES string of the molecule is CCn1nccc1C(=O)N1CC(=O)N[C@@H]2C[C@@H](C(=O)NCCc3ccccc3)C[C@@H]2C1. The van der Waals surface area contributed by atoms with Crippen LogP contribution >= 0.6 is 0 Å². The predicted octanol–water partition coefficient (Wildman–Crippen LogP) is 1.23. The first-order valence-corrected chi connectivity index (χ1v) is 11.0. The second-order valence-corrected chi connectivity index (χ2v) is 8.35. The Kier molecular flexibility index (Phi) is 6.34. The number of hydrogen-bond donors (Lipinski definition) is 2. The maximum atomic E-state index is 13.0. The van der Waals surface area contributed by atoms with E-state index in [4.69, 9.17) is 0 Å². The number of nitrogens with zero attached hydrogens (tertiary/aromatic N) is 3. The van der Waals surface area contributed by atoms with E-state index in [1.165, 1.54) is 5.56 Å². The van der Waals surface area contributed by atoms with Crippen molar-refractivity contribution < 1.29 is 14.4 Å². The van der Waals surface area contributed by atoms with Gasteiger partial charge in [-0.1, -0.05) is 30.3 Å². The summed E-state index contributed by atoms with van der Waals surface area (Å²) in [4.78, 5) is 39.8. The molecule has 0 spiro atoms. The Balaban J connectivity index is 1.36. The van der Waals surface area contributed by atoms with E-state index >= 15 is 0 Å². The van der Waals surface area contributed by atoms with Crippen molar-refractivity contribution in [2.75, 3.05) is 19.6 Å². The highest BCUT2D eigenvalue weighted by Crippen LogP contribution is 2.33. The van der Waals surface area contributed by atoms with E-state index in [0.29, 0.717) is 38.2 Å². The fraction of sp³-hybridized carbons (Fsp3) is 0.478. The number of fused-ring (bicyclic) bond motifs is 1. The average molecular weight is 424 g/mol. The van der Waals surface area contributed by atoms with Crippen LogP contribution in [0.15, 0.2) is 42.6 Å². The van der Waals surface area contributed by atoms with Crippen molar-refractivity contribution in [3.05, 3.63) is 53.9 Å². The molecule has 0 bridgehead atoms. The number of amides is 3. The van der Waals surface area contributed by atoms with E-state index in [9.17, 15) is 14.4 Å². The normalized spacial score (nSPS) is 23.1. The zero-order valence-electron chi connectivity index (χ0n) is 17.8. The van der Waals surface area contributed by atoms with Gasteiger partial charge in [-0.2, -0.15) is 5.10 Å². The van der Waals surface area contributed by atoms with Gasteiger partial charge in [0.25, 0.3) is 5.91 Å². The quantitative estimate of drug-likeness (QED) is 0.730. The second kappa shape index (κ2) is 9.32. The molecule has 1 aromatic carbocycles. The molecule has 3 atom stereocenters. The summed E-state index contributed by atoms with van der Waals surface area (Å²) < 4.78 is 1.64. The molecule has 1 aliphatic carbocycles. The third-order valence-corrected chi connectivity index (χ3v) is 6.28. The molecule has 1 saturated heterocycles. The molecule has 0 radical (unpaired) electrons. The topological polar surface area (TPSA) is 96.3 Å². The lowest BCUT2D eigenvalue weighted by Crippen LogP contribution is -2.40. The minimum absolute atomic E-state index is 0.0280. The highest BCUT2D eigenvalue weighted by Gasteiger charge is 2.42. The molecule has 8 heteroatoms. The highest BCUT2D eigenvalue weighted by atomic mass is 16.2. The lowest BCUT2D eigenvalue weighted by Gasteiger charge is -2.23. The molecule has 1 aliphatic heterocycles. The first kappa shape index (κ1) is 21.1. The van der Waals surface area contributed by atoms with E-state index in [0.717, 1.165) is 6.42 Å². The number of benzene rings is 1. The first-order valence-electron chi connectivity index (χ1n) is 11.0. The van der Waals surface area contributed by atoms with Gasteiger partial charge in [-0.15, -0.1) is 0 Å². The predicted molar refractivity (Wildman–Crippen MR) is 115 cm³/mol. The Morgan fingerprint density at radius 1 is 1.19 bits per heavy atom. The summed E-state index contributed by atoms with van der Waals surface area (Å²) in [5.41, 5.74) is 1.68. The Bertz CT molecular complexity index is 942. The molecule has 2 heterocycles. The average Bonchev–Trinajstić information content (AvgIpc) is 3.37. The standard InChI is InChI=1S/C23H29N5O3/c1-2-28-20(9-11-25-28)23(31)27-14-18-12-17(13-19(18)26-21(29)15-27)22(30)24-10-8-16-6-4-3-5-7-16/h3-7,9,11,17-19H,2,8,10,12-15H2,1H3,(H,24,30)(H,26,29)/t17-,18+,19+/m0/s1. The summed E-state index contributed by atoms with van der Waals surface area (Å²) in [6.07, 6.45) is 3.67. The fourth-order valence-corrected chi connectivity index (χ4v) is 4.69. The van der Waals surface area contributed by atoms with Gasteiger partial charge >= 0.3 is 0 Å². The third kappa shape index (κ3) is 4.78. The van der Waals surface area contributed by atoms with Crippen molar-refractivity contribution in [3.63, 3.8) is 0 Å². The van der Waals surface area contributed by atoms with Crippen molar-refractivity contribution in [3.8, 4) is 0 Å². The number of aryl methyl sites for hydroxylation is 1. The van der Waals surface area contributed by atoms with Crippen LogP contribution in [0.25, 0.3) is 0 Å². The van der Waals surface area contributed by atoms with Gasteiger partial charge in [-0.25, -0.2) is 0 Å². The second-order valence-electron chi connectivity index (χ2n) is 8.35. The van der Waals surface area contributed by atoms with Gasteiger partial charge in [0.15, 0.2) is 0 Å². The summed E-state index contributed by atoms with van der Waals surface area (Å²) in [6.45, 7) is 3.60. The largest absolute Gasteiger partial charge is 0.356 e. The van der Waals surface area contributed by atoms with Crippen LogP contribution in [-0.2, 0) is 22.6 Å². The maximum absolute atomic E-state index is 13.0. The number of carbonyl (C=O) groups excluding carboxylic acids is 3. The van der Waals surface area contributed by atoms with E-state index in [1.807, 2.05) is 37.3 Å². The molecule has 2 fully saturated rings. The molecule has 8 nitrogen and oxygen atoms in total. The van der Waals surface area contributed by atoms with Gasteiger partial charge in [0.05, 0.1) is 6.54 Å². The smallest absolute Gasteiger partial charge is 0.272 e. The summed E-state index contributed by atoms with van der Waals surface area (Å²) >= 11 is 0. The van der Waals surface area contributed by atoms with Crippen molar-refractivity contribution in [2.45, 2.75) is 38.8 Å². The van der Waals surface area contributed by atoms with Gasteiger partial charge in [-0.3, -0.25) is 19.1 Å². The Hall–Kier alpha value is -3.16. The van der Waals surface area contributed by atoms with Crippen LogP contribution in [0.4, 0.5) is 0 Å². The number of carbonyl (C=O) groups is 3. The molecule has 0 unspecified atom stereocenters. The molecule has 2 aliphatic rings. The molecule has 31 heavy (non-hydrogen) atoms. The molecule has 3 amide bonds. The molecule has 2 aromatic rings. The van der Waals surface area contributed by atoms with Crippen LogP contribution in [0, 0.1) is 11.8 Å². The van der Waals surface area contributed by atoms with Gasteiger partial charge < -0.3 is 15.5 Å². The lowest BCUT2D eigenvalue weighted by molar-refractivity contribution is -0.125. The molecule has 4 rings (SSSR count). The lowest BCUT2D eigenvalue weighted by atomic mass is 10.0. The van der Waals surface area contributed by atoms with Crippen LogP contribution in [-0.4, -0.2) is 58.1 Å². The monoisotopic (exact) mass is 423 g/mol. The van der Waals surface area contributed by atoms with Gasteiger partial charge in [-0.05, 0) is 43.7 Å². The van der Waals surface area contributed by atoms with Crippen LogP contribution in [0.5, 0.6) is 0 Å². The van der Waals surface area contributed by atoms with Crippen molar-refractivity contribution in [1.29, 1.82) is 0 Å². The fourth-order valence-electron chi connectivity index (χ4n) is 4.69. The summed E-state index contributed by atoms with van der Waals surface area (Å²) in [5, 5.41) is 10.2. The van der Waals surface area contributed by atoms with Gasteiger partial charge in [0, 0.05) is 37.8 Å².